The van der Waals surface area contributed by atoms with E-state index in [0.717, 1.165) is 29.6 Å². The van der Waals surface area contributed by atoms with Crippen LogP contribution in [0.1, 0.15) is 80.3 Å². The number of fused-ring (bicyclic) bond motifs is 3. The van der Waals surface area contributed by atoms with Gasteiger partial charge in [-0.1, -0.05) is 49.2 Å². The fourth-order valence-corrected chi connectivity index (χ4v) is 7.35. The van der Waals surface area contributed by atoms with Crippen LogP contribution in [0.2, 0.25) is 5.02 Å². The number of rotatable bonds is 11. The second kappa shape index (κ2) is 15.3. The summed E-state index contributed by atoms with van der Waals surface area (Å²) in [4.78, 5) is 38.4. The van der Waals surface area contributed by atoms with Gasteiger partial charge in [0.1, 0.15) is 30.3 Å². The van der Waals surface area contributed by atoms with E-state index in [-0.39, 0.29) is 25.1 Å². The van der Waals surface area contributed by atoms with Gasteiger partial charge in [-0.15, -0.1) is 0 Å². The fourth-order valence-electron chi connectivity index (χ4n) is 7.23. The zero-order valence-electron chi connectivity index (χ0n) is 29.2. The molecule has 1 aromatic heterocycles. The summed E-state index contributed by atoms with van der Waals surface area (Å²) in [6.45, 7) is 5.35. The van der Waals surface area contributed by atoms with Gasteiger partial charge >= 0.3 is 6.09 Å². The van der Waals surface area contributed by atoms with E-state index in [9.17, 15) is 14.7 Å². The number of hydrogen-bond donors (Lipinski definition) is 2. The SMILES string of the molecule is CCC(C)N(CC(O)COc1ccc(C2c3[nH]c4ccc(C5CCC5)cc4c3CCN2C(=O)Oc2ccc(Cl)cc2)cc1)C(=O)C1=CCCN=C1. The molecule has 4 aromatic rings. The third kappa shape index (κ3) is 7.55. The van der Waals surface area contributed by atoms with E-state index in [2.05, 4.69) is 28.2 Å². The molecule has 7 rings (SSSR count). The lowest BCUT2D eigenvalue weighted by Crippen LogP contribution is -2.45. The number of aliphatic hydroxyl groups is 1. The minimum absolute atomic E-state index is 0.0190. The van der Waals surface area contributed by atoms with Gasteiger partial charge in [0.05, 0.1) is 12.1 Å². The van der Waals surface area contributed by atoms with Gasteiger partial charge in [0, 0.05) is 47.0 Å². The second-order valence-corrected chi connectivity index (χ2v) is 14.3. The number of aromatic nitrogens is 1. The molecule has 0 radical (unpaired) electrons. The number of dihydropyridines is 1. The van der Waals surface area contributed by atoms with Crippen LogP contribution in [0.3, 0.4) is 0 Å². The minimum Gasteiger partial charge on any atom is -0.491 e. The van der Waals surface area contributed by atoms with E-state index >= 15 is 0 Å². The molecule has 2 amide bonds. The molecule has 3 heterocycles. The fraction of sp³-hybridized carbons (Fsp3) is 0.390. The van der Waals surface area contributed by atoms with Crippen molar-refractivity contribution in [2.45, 2.75) is 76.5 Å². The number of hydrogen-bond acceptors (Lipinski definition) is 6. The van der Waals surface area contributed by atoms with E-state index in [1.54, 1.807) is 40.3 Å². The molecule has 1 aliphatic carbocycles. The van der Waals surface area contributed by atoms with Crippen LogP contribution in [-0.4, -0.2) is 76.5 Å². The molecule has 1 saturated carbocycles. The van der Waals surface area contributed by atoms with Gasteiger partial charge < -0.3 is 24.5 Å². The van der Waals surface area contributed by atoms with Gasteiger partial charge in [-0.25, -0.2) is 4.79 Å². The molecule has 0 saturated heterocycles. The maximum Gasteiger partial charge on any atom is 0.416 e. The van der Waals surface area contributed by atoms with E-state index in [0.29, 0.717) is 47.5 Å². The first-order valence-corrected chi connectivity index (χ1v) is 18.5. The van der Waals surface area contributed by atoms with Gasteiger partial charge in [0.15, 0.2) is 0 Å². The largest absolute Gasteiger partial charge is 0.491 e. The molecule has 9 nitrogen and oxygen atoms in total. The molecular formula is C41H45ClN4O5. The van der Waals surface area contributed by atoms with Crippen molar-refractivity contribution < 1.29 is 24.2 Å². The van der Waals surface area contributed by atoms with Crippen LogP contribution >= 0.6 is 11.6 Å². The van der Waals surface area contributed by atoms with Gasteiger partial charge in [-0.2, -0.15) is 0 Å². The smallest absolute Gasteiger partial charge is 0.416 e. The lowest BCUT2D eigenvalue weighted by molar-refractivity contribution is -0.130. The Bertz CT molecular complexity index is 1930. The van der Waals surface area contributed by atoms with E-state index in [4.69, 9.17) is 21.1 Å². The predicted octanol–water partition coefficient (Wildman–Crippen LogP) is 8.00. The number of ether oxygens (including phenoxy) is 2. The van der Waals surface area contributed by atoms with Crippen molar-refractivity contribution in [3.63, 3.8) is 0 Å². The minimum atomic E-state index is -0.890. The summed E-state index contributed by atoms with van der Waals surface area (Å²) in [7, 11) is 0. The van der Waals surface area contributed by atoms with E-state index < -0.39 is 18.2 Å². The Morgan fingerprint density at radius 2 is 1.80 bits per heavy atom. The Morgan fingerprint density at radius 3 is 2.49 bits per heavy atom. The summed E-state index contributed by atoms with van der Waals surface area (Å²) in [5, 5.41) is 12.8. The average molecular weight is 709 g/mol. The first kappa shape index (κ1) is 34.8. The molecule has 10 heteroatoms. The number of aliphatic imine (C=N–C) groups is 1. The topological polar surface area (TPSA) is 107 Å². The number of halogens is 1. The number of nitrogens with zero attached hydrogens (tertiary/aromatic N) is 3. The van der Waals surface area contributed by atoms with Gasteiger partial charge in [-0.3, -0.25) is 14.7 Å². The highest BCUT2D eigenvalue weighted by Crippen LogP contribution is 2.42. The van der Waals surface area contributed by atoms with E-state index in [1.165, 1.54) is 35.8 Å². The van der Waals surface area contributed by atoms with Crippen molar-refractivity contribution in [3.8, 4) is 11.5 Å². The number of H-pyrrole nitrogens is 1. The highest BCUT2D eigenvalue weighted by molar-refractivity contribution is 6.30. The van der Waals surface area contributed by atoms with Crippen LogP contribution in [-0.2, 0) is 11.2 Å². The van der Waals surface area contributed by atoms with Crippen molar-refractivity contribution >= 4 is 40.7 Å². The molecule has 266 valence electrons. The van der Waals surface area contributed by atoms with Crippen LogP contribution in [0.5, 0.6) is 11.5 Å². The van der Waals surface area contributed by atoms with Crippen molar-refractivity contribution in [2.75, 3.05) is 26.2 Å². The molecule has 51 heavy (non-hydrogen) atoms. The van der Waals surface area contributed by atoms with Crippen LogP contribution in [0.4, 0.5) is 4.79 Å². The first-order chi connectivity index (χ1) is 24.8. The monoisotopic (exact) mass is 708 g/mol. The molecule has 0 spiro atoms. The summed E-state index contributed by atoms with van der Waals surface area (Å²) in [6, 6.07) is 20.7. The standard InChI is InChI=1S/C41H45ClN4O5/c1-3-26(2)46(40(48)30-8-5-20-43-23-30)24-32(47)25-50-33-14-9-28(10-15-33)39-38-35(36-22-29(27-6-4-7-27)11-18-37(36)44-38)19-21-45(39)41(49)51-34-16-12-31(42)13-17-34/h8-18,22-23,26-27,32,39,44,47H,3-7,19-21,24-25H2,1-2H3. The van der Waals surface area contributed by atoms with Crippen molar-refractivity contribution in [3.05, 3.63) is 106 Å². The Kier molecular flexibility index (Phi) is 10.5. The summed E-state index contributed by atoms with van der Waals surface area (Å²) < 4.78 is 11.9. The number of carbonyl (C=O) groups excluding carboxylic acids is 2. The summed E-state index contributed by atoms with van der Waals surface area (Å²) in [5.74, 6) is 1.50. The number of aliphatic hydroxyl groups excluding tert-OH is 1. The number of aromatic amines is 1. The Hall–Kier alpha value is -4.60. The van der Waals surface area contributed by atoms with Crippen LogP contribution in [0.25, 0.3) is 10.9 Å². The second-order valence-electron chi connectivity index (χ2n) is 13.8. The number of carbonyl (C=O) groups is 2. The van der Waals surface area contributed by atoms with Gasteiger partial charge in [0.2, 0.25) is 0 Å². The molecule has 3 unspecified atom stereocenters. The third-order valence-corrected chi connectivity index (χ3v) is 10.8. The predicted molar refractivity (Wildman–Crippen MR) is 200 cm³/mol. The Morgan fingerprint density at radius 1 is 1.06 bits per heavy atom. The molecule has 3 atom stereocenters. The Labute approximate surface area is 303 Å². The van der Waals surface area contributed by atoms with E-state index in [1.807, 2.05) is 44.2 Å². The number of benzene rings is 3. The molecule has 0 bridgehead atoms. The highest BCUT2D eigenvalue weighted by atomic mass is 35.5. The highest BCUT2D eigenvalue weighted by Gasteiger charge is 2.36. The number of nitrogens with one attached hydrogen (secondary N) is 1. The van der Waals surface area contributed by atoms with Crippen LogP contribution in [0.15, 0.2) is 83.4 Å². The average Bonchev–Trinajstić information content (AvgIpc) is 3.51. The first-order valence-electron chi connectivity index (χ1n) is 18.1. The summed E-state index contributed by atoms with van der Waals surface area (Å²) >= 11 is 6.07. The van der Waals surface area contributed by atoms with Crippen molar-refractivity contribution in [1.82, 2.24) is 14.8 Å². The van der Waals surface area contributed by atoms with Crippen LogP contribution in [0, 0.1) is 0 Å². The number of amides is 2. The molecule has 1 fully saturated rings. The third-order valence-electron chi connectivity index (χ3n) is 10.5. The molecule has 3 aromatic carbocycles. The molecular weight excluding hydrogens is 664 g/mol. The Balaban J connectivity index is 1.10. The van der Waals surface area contributed by atoms with Gasteiger partial charge in [-0.05, 0) is 110 Å². The van der Waals surface area contributed by atoms with Crippen molar-refractivity contribution in [1.29, 1.82) is 0 Å². The zero-order chi connectivity index (χ0) is 35.5. The van der Waals surface area contributed by atoms with Crippen LogP contribution < -0.4 is 9.47 Å². The molecule has 2 aliphatic heterocycles. The summed E-state index contributed by atoms with van der Waals surface area (Å²) in [5.41, 5.74) is 6.12. The van der Waals surface area contributed by atoms with Crippen molar-refractivity contribution in [2.24, 2.45) is 4.99 Å². The summed E-state index contributed by atoms with van der Waals surface area (Å²) in [6.07, 6.45) is 8.15. The van der Waals surface area contributed by atoms with Gasteiger partial charge in [0.25, 0.3) is 5.91 Å². The quantitative estimate of drug-likeness (QED) is 0.164. The normalized spacial score (nSPS) is 18.4. The molecule has 3 aliphatic rings. The lowest BCUT2D eigenvalue weighted by atomic mass is 9.79. The lowest BCUT2D eigenvalue weighted by Gasteiger charge is -2.35. The maximum absolute atomic E-state index is 13.8. The molecule has 2 N–H and O–H groups in total. The zero-order valence-corrected chi connectivity index (χ0v) is 29.9. The maximum atomic E-state index is 13.8.